The van der Waals surface area contributed by atoms with Crippen molar-refractivity contribution in [2.45, 2.75) is 0 Å². The second-order valence-corrected chi connectivity index (χ2v) is 3.45. The first-order valence-corrected chi connectivity index (χ1v) is 4.91. The van der Waals surface area contributed by atoms with Crippen LogP contribution in [0.2, 0.25) is 0 Å². The van der Waals surface area contributed by atoms with Gasteiger partial charge in [0.25, 0.3) is 0 Å². The van der Waals surface area contributed by atoms with E-state index in [2.05, 4.69) is 22.6 Å². The molecule has 78 valence electrons. The van der Waals surface area contributed by atoms with Gasteiger partial charge in [0.15, 0.2) is 11.5 Å². The molecule has 0 bridgehead atoms. The Labute approximate surface area is 95.3 Å². The maximum atomic E-state index is 12.0. The van der Waals surface area contributed by atoms with Crippen LogP contribution in [-0.2, 0) is 0 Å². The van der Waals surface area contributed by atoms with Crippen LogP contribution < -0.4 is 14.2 Å². The molecule has 0 saturated heterocycles. The van der Waals surface area contributed by atoms with Crippen LogP contribution >= 0.6 is 22.6 Å². The second kappa shape index (κ2) is 5.23. The lowest BCUT2D eigenvalue weighted by molar-refractivity contribution is 0.184. The highest BCUT2D eigenvalue weighted by Gasteiger charge is 2.13. The van der Waals surface area contributed by atoms with Gasteiger partial charge >= 0.3 is 0 Å². The number of halogens is 2. The van der Waals surface area contributed by atoms with Crippen molar-refractivity contribution in [3.05, 3.63) is 15.7 Å². The molecule has 1 aromatic carbocycles. The maximum absolute atomic E-state index is 12.0. The maximum Gasteiger partial charge on any atom is 0.228 e. The monoisotopic (exact) mass is 312 g/mol. The summed E-state index contributed by atoms with van der Waals surface area (Å²) in [5.74, 6) is 1.54. The van der Waals surface area contributed by atoms with E-state index in [0.717, 1.165) is 3.57 Å². The van der Waals surface area contributed by atoms with Gasteiger partial charge in [0, 0.05) is 0 Å². The minimum atomic E-state index is -0.876. The first-order valence-electron chi connectivity index (χ1n) is 3.83. The molecule has 1 rings (SSSR count). The Morgan fingerprint density at radius 1 is 1.21 bits per heavy atom. The number of rotatable bonds is 4. The third-order valence-electron chi connectivity index (χ3n) is 1.66. The molecule has 0 unspecified atom stereocenters. The Morgan fingerprint density at radius 2 is 1.86 bits per heavy atom. The summed E-state index contributed by atoms with van der Waals surface area (Å²) in [6.07, 6.45) is 0. The van der Waals surface area contributed by atoms with Crippen molar-refractivity contribution in [1.82, 2.24) is 0 Å². The summed E-state index contributed by atoms with van der Waals surface area (Å²) in [7, 11) is 3.06. The molecule has 0 fully saturated rings. The van der Waals surface area contributed by atoms with E-state index in [1.165, 1.54) is 7.11 Å². The van der Waals surface area contributed by atoms with Gasteiger partial charge in [-0.05, 0) is 34.7 Å². The Balaban J connectivity index is 3.14. The van der Waals surface area contributed by atoms with Crippen molar-refractivity contribution in [1.29, 1.82) is 0 Å². The van der Waals surface area contributed by atoms with E-state index in [1.54, 1.807) is 19.2 Å². The molecule has 0 radical (unpaired) electrons. The van der Waals surface area contributed by atoms with Crippen LogP contribution in [-0.4, -0.2) is 21.1 Å². The van der Waals surface area contributed by atoms with Gasteiger partial charge in [-0.25, -0.2) is 4.39 Å². The van der Waals surface area contributed by atoms with E-state index < -0.39 is 6.86 Å². The first-order chi connectivity index (χ1) is 6.74. The molecule has 3 nitrogen and oxygen atoms in total. The Hall–Kier alpha value is -0.720. The standard InChI is InChI=1S/C9H10FIO3/c1-12-6-3-4-7(14-5-10)9(13-2)8(6)11/h3-4H,5H2,1-2H3. The lowest BCUT2D eigenvalue weighted by Gasteiger charge is -2.12. The van der Waals surface area contributed by atoms with Crippen LogP contribution in [0.25, 0.3) is 0 Å². The number of hydrogen-bond acceptors (Lipinski definition) is 3. The van der Waals surface area contributed by atoms with Crippen LogP contribution in [0, 0.1) is 3.57 Å². The normalized spacial score (nSPS) is 9.71. The van der Waals surface area contributed by atoms with Gasteiger partial charge in [0.05, 0.1) is 14.2 Å². The largest absolute Gasteiger partial charge is 0.496 e. The van der Waals surface area contributed by atoms with E-state index in [1.807, 2.05) is 0 Å². The summed E-state index contributed by atoms with van der Waals surface area (Å²) in [5.41, 5.74) is 0. The van der Waals surface area contributed by atoms with Gasteiger partial charge in [-0.15, -0.1) is 0 Å². The van der Waals surface area contributed by atoms with Gasteiger partial charge in [-0.3, -0.25) is 0 Å². The van der Waals surface area contributed by atoms with Crippen molar-refractivity contribution in [2.75, 3.05) is 21.1 Å². The first kappa shape index (κ1) is 11.4. The molecular weight excluding hydrogens is 302 g/mol. The Kier molecular flexibility index (Phi) is 4.24. The third-order valence-corrected chi connectivity index (χ3v) is 2.68. The highest BCUT2D eigenvalue weighted by atomic mass is 127. The molecule has 0 aliphatic rings. The number of methoxy groups -OCH3 is 2. The van der Waals surface area contributed by atoms with Gasteiger partial charge in [0.1, 0.15) is 9.32 Å². The molecule has 0 heterocycles. The molecule has 0 amide bonds. The fourth-order valence-electron chi connectivity index (χ4n) is 1.04. The molecule has 5 heteroatoms. The molecule has 0 spiro atoms. The molecule has 0 atom stereocenters. The zero-order valence-corrected chi connectivity index (χ0v) is 10.00. The smallest absolute Gasteiger partial charge is 0.228 e. The van der Waals surface area contributed by atoms with Crippen LogP contribution in [0.5, 0.6) is 17.2 Å². The number of hydrogen-bond donors (Lipinski definition) is 0. The molecule has 1 aromatic rings. The molecule has 0 saturated carbocycles. The average molecular weight is 312 g/mol. The lowest BCUT2D eigenvalue weighted by atomic mass is 10.3. The van der Waals surface area contributed by atoms with E-state index >= 15 is 0 Å². The summed E-state index contributed by atoms with van der Waals surface area (Å²) in [6, 6.07) is 3.31. The Bertz CT molecular complexity index is 317. The third kappa shape index (κ3) is 2.20. The van der Waals surface area contributed by atoms with Crippen LogP contribution in [0.15, 0.2) is 12.1 Å². The quantitative estimate of drug-likeness (QED) is 0.800. The highest BCUT2D eigenvalue weighted by molar-refractivity contribution is 14.1. The summed E-state index contributed by atoms with van der Waals surface area (Å²) in [5, 5.41) is 0. The molecule has 0 aliphatic carbocycles. The van der Waals surface area contributed by atoms with E-state index in [4.69, 9.17) is 14.2 Å². The van der Waals surface area contributed by atoms with Gasteiger partial charge < -0.3 is 14.2 Å². The van der Waals surface area contributed by atoms with Crippen molar-refractivity contribution >= 4 is 22.6 Å². The number of benzene rings is 1. The minimum Gasteiger partial charge on any atom is -0.496 e. The molecule has 14 heavy (non-hydrogen) atoms. The molecular formula is C9H10FIO3. The molecule has 0 aromatic heterocycles. The topological polar surface area (TPSA) is 27.7 Å². The zero-order valence-electron chi connectivity index (χ0n) is 7.84. The van der Waals surface area contributed by atoms with Gasteiger partial charge in [0.2, 0.25) is 6.86 Å². The van der Waals surface area contributed by atoms with E-state index in [9.17, 15) is 4.39 Å². The minimum absolute atomic E-state index is 0.375. The van der Waals surface area contributed by atoms with Crippen LogP contribution in [0.3, 0.4) is 0 Å². The SMILES string of the molecule is COc1ccc(OCF)c(OC)c1I. The lowest BCUT2D eigenvalue weighted by Crippen LogP contribution is -1.98. The summed E-state index contributed by atoms with van der Waals surface area (Å²) >= 11 is 2.05. The van der Waals surface area contributed by atoms with Crippen molar-refractivity contribution in [2.24, 2.45) is 0 Å². The fraction of sp³-hybridized carbons (Fsp3) is 0.333. The van der Waals surface area contributed by atoms with Crippen molar-refractivity contribution in [3.63, 3.8) is 0 Å². The summed E-state index contributed by atoms with van der Waals surface area (Å²) < 4.78 is 27.7. The predicted molar refractivity (Wildman–Crippen MR) is 58.9 cm³/mol. The van der Waals surface area contributed by atoms with Crippen molar-refractivity contribution < 1.29 is 18.6 Å². The zero-order chi connectivity index (χ0) is 10.6. The van der Waals surface area contributed by atoms with Crippen molar-refractivity contribution in [3.8, 4) is 17.2 Å². The average Bonchev–Trinajstić information content (AvgIpc) is 2.19. The predicted octanol–water partition coefficient (Wildman–Crippen LogP) is 2.61. The molecule has 0 N–H and O–H groups in total. The number of alkyl halides is 1. The van der Waals surface area contributed by atoms with Crippen LogP contribution in [0.1, 0.15) is 0 Å². The fourth-order valence-corrected chi connectivity index (χ4v) is 1.93. The highest BCUT2D eigenvalue weighted by Crippen LogP contribution is 2.38. The summed E-state index contributed by atoms with van der Waals surface area (Å²) in [4.78, 5) is 0. The van der Waals surface area contributed by atoms with E-state index in [-0.39, 0.29) is 0 Å². The second-order valence-electron chi connectivity index (χ2n) is 2.37. The number of ether oxygens (including phenoxy) is 3. The van der Waals surface area contributed by atoms with E-state index in [0.29, 0.717) is 17.2 Å². The summed E-state index contributed by atoms with van der Waals surface area (Å²) in [6.45, 7) is -0.876. The van der Waals surface area contributed by atoms with Crippen LogP contribution in [0.4, 0.5) is 4.39 Å². The van der Waals surface area contributed by atoms with Gasteiger partial charge in [-0.1, -0.05) is 0 Å². The molecule has 0 aliphatic heterocycles. The Morgan fingerprint density at radius 3 is 2.36 bits per heavy atom. The van der Waals surface area contributed by atoms with Gasteiger partial charge in [-0.2, -0.15) is 0 Å².